The molecular weight excluding hydrogens is 392 g/mol. The van der Waals surface area contributed by atoms with Crippen molar-refractivity contribution in [1.29, 1.82) is 0 Å². The van der Waals surface area contributed by atoms with Gasteiger partial charge in [-0.15, -0.1) is 0 Å². The molecule has 0 radical (unpaired) electrons. The largest absolute Gasteiger partial charge is 0.490 e. The average molecular weight is 421 g/mol. The number of carbonyl (C=O) groups is 1. The number of ether oxygens (including phenoxy) is 2. The van der Waals surface area contributed by atoms with E-state index in [2.05, 4.69) is 5.32 Å². The molecule has 2 aromatic carbocycles. The molecule has 0 heterocycles. The maximum atomic E-state index is 12.7. The van der Waals surface area contributed by atoms with Gasteiger partial charge in [-0.25, -0.2) is 12.7 Å². The van der Waals surface area contributed by atoms with Gasteiger partial charge in [-0.2, -0.15) is 0 Å². The summed E-state index contributed by atoms with van der Waals surface area (Å²) in [6.07, 6.45) is 1.72. The van der Waals surface area contributed by atoms with Crippen LogP contribution in [0.5, 0.6) is 11.5 Å². The van der Waals surface area contributed by atoms with Crippen molar-refractivity contribution in [3.8, 4) is 11.5 Å². The SMILES string of the molecule is CCCOc1ccc(NC(=O)c2cccc(S(=O)(=O)N(C)C)c2)cc1OCCC. The second kappa shape index (κ2) is 10.3. The number of rotatable bonds is 10. The minimum atomic E-state index is -3.62. The highest BCUT2D eigenvalue weighted by Gasteiger charge is 2.19. The summed E-state index contributed by atoms with van der Waals surface area (Å²) < 4.78 is 37.1. The molecule has 0 aromatic heterocycles. The number of hydrogen-bond acceptors (Lipinski definition) is 5. The van der Waals surface area contributed by atoms with Crippen molar-refractivity contribution in [2.45, 2.75) is 31.6 Å². The minimum Gasteiger partial charge on any atom is -0.490 e. The average Bonchev–Trinajstić information content (AvgIpc) is 2.71. The van der Waals surface area contributed by atoms with Crippen molar-refractivity contribution in [1.82, 2.24) is 4.31 Å². The van der Waals surface area contributed by atoms with Gasteiger partial charge in [0.05, 0.1) is 18.1 Å². The van der Waals surface area contributed by atoms with Crippen LogP contribution in [0.15, 0.2) is 47.4 Å². The maximum absolute atomic E-state index is 12.7. The number of anilines is 1. The predicted molar refractivity (Wildman–Crippen MR) is 113 cm³/mol. The van der Waals surface area contributed by atoms with E-state index >= 15 is 0 Å². The van der Waals surface area contributed by atoms with E-state index in [1.165, 1.54) is 26.2 Å². The Bertz CT molecular complexity index is 942. The summed E-state index contributed by atoms with van der Waals surface area (Å²) in [5.41, 5.74) is 0.779. The van der Waals surface area contributed by atoms with Crippen molar-refractivity contribution in [2.75, 3.05) is 32.6 Å². The van der Waals surface area contributed by atoms with Crippen LogP contribution in [0.3, 0.4) is 0 Å². The Labute approximate surface area is 172 Å². The van der Waals surface area contributed by atoms with Gasteiger partial charge in [-0.1, -0.05) is 19.9 Å². The van der Waals surface area contributed by atoms with Gasteiger partial charge in [0.25, 0.3) is 5.91 Å². The van der Waals surface area contributed by atoms with Gasteiger partial charge in [0.1, 0.15) is 0 Å². The first-order valence-corrected chi connectivity index (χ1v) is 11.0. The third kappa shape index (κ3) is 5.95. The van der Waals surface area contributed by atoms with Crippen LogP contribution in [0.25, 0.3) is 0 Å². The summed E-state index contributed by atoms with van der Waals surface area (Å²) in [6, 6.07) is 11.1. The highest BCUT2D eigenvalue weighted by atomic mass is 32.2. The summed E-state index contributed by atoms with van der Waals surface area (Å²) in [5.74, 6) is 0.767. The summed E-state index contributed by atoms with van der Waals surface area (Å²) in [5, 5.41) is 2.78. The van der Waals surface area contributed by atoms with Crippen molar-refractivity contribution < 1.29 is 22.7 Å². The van der Waals surface area contributed by atoms with E-state index in [0.717, 1.165) is 17.1 Å². The molecule has 0 spiro atoms. The normalized spacial score (nSPS) is 11.3. The smallest absolute Gasteiger partial charge is 0.255 e. The van der Waals surface area contributed by atoms with Gasteiger partial charge < -0.3 is 14.8 Å². The van der Waals surface area contributed by atoms with E-state index in [0.29, 0.717) is 30.4 Å². The highest BCUT2D eigenvalue weighted by Crippen LogP contribution is 2.31. The summed E-state index contributed by atoms with van der Waals surface area (Å²) in [4.78, 5) is 12.7. The van der Waals surface area contributed by atoms with Crippen molar-refractivity contribution in [2.24, 2.45) is 0 Å². The van der Waals surface area contributed by atoms with Crippen molar-refractivity contribution >= 4 is 21.6 Å². The fraction of sp³-hybridized carbons (Fsp3) is 0.381. The molecule has 0 saturated heterocycles. The molecule has 158 valence electrons. The lowest BCUT2D eigenvalue weighted by molar-refractivity contribution is 0.102. The Kier molecular flexibility index (Phi) is 8.04. The zero-order chi connectivity index (χ0) is 21.4. The second-order valence-corrected chi connectivity index (χ2v) is 8.78. The summed E-state index contributed by atoms with van der Waals surface area (Å²) >= 11 is 0. The van der Waals surface area contributed by atoms with Gasteiger partial charge in [0.2, 0.25) is 10.0 Å². The molecule has 1 N–H and O–H groups in total. The van der Waals surface area contributed by atoms with E-state index in [1.807, 2.05) is 13.8 Å². The number of hydrogen-bond donors (Lipinski definition) is 1. The minimum absolute atomic E-state index is 0.0606. The zero-order valence-electron chi connectivity index (χ0n) is 17.3. The van der Waals surface area contributed by atoms with E-state index in [9.17, 15) is 13.2 Å². The molecule has 7 nitrogen and oxygen atoms in total. The molecule has 0 saturated carbocycles. The van der Waals surface area contributed by atoms with Crippen LogP contribution in [0.2, 0.25) is 0 Å². The van der Waals surface area contributed by atoms with Gasteiger partial charge in [-0.3, -0.25) is 4.79 Å². The molecule has 0 aliphatic rings. The van der Waals surface area contributed by atoms with Crippen LogP contribution >= 0.6 is 0 Å². The van der Waals surface area contributed by atoms with Gasteiger partial charge in [0.15, 0.2) is 11.5 Å². The Morgan fingerprint density at radius 3 is 2.24 bits per heavy atom. The number of nitrogens with zero attached hydrogens (tertiary/aromatic N) is 1. The van der Waals surface area contributed by atoms with Crippen molar-refractivity contribution in [3.05, 3.63) is 48.0 Å². The summed E-state index contributed by atoms with van der Waals surface area (Å²) in [7, 11) is -0.727. The Balaban J connectivity index is 2.24. The zero-order valence-corrected chi connectivity index (χ0v) is 18.1. The molecule has 0 aliphatic heterocycles. The molecule has 0 fully saturated rings. The Hall–Kier alpha value is -2.58. The number of sulfonamides is 1. The van der Waals surface area contributed by atoms with Crippen LogP contribution in [0.4, 0.5) is 5.69 Å². The van der Waals surface area contributed by atoms with Crippen molar-refractivity contribution in [3.63, 3.8) is 0 Å². The summed E-state index contributed by atoms with van der Waals surface area (Å²) in [6.45, 7) is 5.13. The number of carbonyl (C=O) groups excluding carboxylic acids is 1. The molecule has 1 amide bonds. The molecule has 29 heavy (non-hydrogen) atoms. The Morgan fingerprint density at radius 1 is 0.966 bits per heavy atom. The molecule has 0 aliphatic carbocycles. The lowest BCUT2D eigenvalue weighted by Crippen LogP contribution is -2.22. The third-order valence-corrected chi connectivity index (χ3v) is 5.81. The molecule has 0 unspecified atom stereocenters. The van der Waals surface area contributed by atoms with E-state index in [1.54, 1.807) is 30.3 Å². The van der Waals surface area contributed by atoms with Crippen LogP contribution < -0.4 is 14.8 Å². The molecule has 2 aromatic rings. The number of amides is 1. The van der Waals surface area contributed by atoms with E-state index in [4.69, 9.17) is 9.47 Å². The van der Waals surface area contributed by atoms with Crippen LogP contribution in [0.1, 0.15) is 37.0 Å². The second-order valence-electron chi connectivity index (χ2n) is 6.63. The lowest BCUT2D eigenvalue weighted by Gasteiger charge is -2.15. The van der Waals surface area contributed by atoms with Gasteiger partial charge in [-0.05, 0) is 43.2 Å². The third-order valence-electron chi connectivity index (χ3n) is 4.00. The lowest BCUT2D eigenvalue weighted by atomic mass is 10.2. The molecule has 2 rings (SSSR count). The monoisotopic (exact) mass is 420 g/mol. The first kappa shape index (κ1) is 22.7. The van der Waals surface area contributed by atoms with E-state index < -0.39 is 15.9 Å². The molecule has 8 heteroatoms. The maximum Gasteiger partial charge on any atom is 0.255 e. The van der Waals surface area contributed by atoms with Crippen LogP contribution in [-0.2, 0) is 10.0 Å². The van der Waals surface area contributed by atoms with Crippen LogP contribution in [-0.4, -0.2) is 45.9 Å². The van der Waals surface area contributed by atoms with Gasteiger partial charge >= 0.3 is 0 Å². The highest BCUT2D eigenvalue weighted by molar-refractivity contribution is 7.89. The van der Waals surface area contributed by atoms with Crippen LogP contribution in [0, 0.1) is 0 Å². The predicted octanol–water partition coefficient (Wildman–Crippen LogP) is 3.77. The number of nitrogens with one attached hydrogen (secondary N) is 1. The molecular formula is C21H28N2O5S. The number of benzene rings is 2. The molecule has 0 bridgehead atoms. The fourth-order valence-electron chi connectivity index (χ4n) is 2.45. The standard InChI is InChI=1S/C21H28N2O5S/c1-5-12-27-19-11-10-17(15-20(19)28-13-6-2)22-21(24)16-8-7-9-18(14-16)29(25,26)23(3)4/h7-11,14-15H,5-6,12-13H2,1-4H3,(H,22,24). The van der Waals surface area contributed by atoms with E-state index in [-0.39, 0.29) is 10.5 Å². The first-order valence-electron chi connectivity index (χ1n) is 9.53. The molecule has 0 atom stereocenters. The fourth-order valence-corrected chi connectivity index (χ4v) is 3.40. The topological polar surface area (TPSA) is 84.9 Å². The quantitative estimate of drug-likeness (QED) is 0.632. The first-order chi connectivity index (χ1) is 13.8. The Morgan fingerprint density at radius 2 is 1.62 bits per heavy atom. The van der Waals surface area contributed by atoms with Gasteiger partial charge in [0, 0.05) is 31.4 Å².